The summed E-state index contributed by atoms with van der Waals surface area (Å²) >= 11 is 0. The van der Waals surface area contributed by atoms with Crippen LogP contribution < -0.4 is 10.6 Å². The molecule has 2 aliphatic carbocycles. The normalized spacial score (nSPS) is 29.4. The third-order valence-electron chi connectivity index (χ3n) is 11.4. The summed E-state index contributed by atoms with van der Waals surface area (Å²) in [6, 6.07) is 0.122. The van der Waals surface area contributed by atoms with E-state index in [-0.39, 0.29) is 45.1 Å². The van der Waals surface area contributed by atoms with Crippen LogP contribution in [0.25, 0.3) is 0 Å². The van der Waals surface area contributed by atoms with Crippen molar-refractivity contribution < 1.29 is 19.1 Å². The summed E-state index contributed by atoms with van der Waals surface area (Å²) in [5.41, 5.74) is -1.56. The van der Waals surface area contributed by atoms with Gasteiger partial charge in [-0.3, -0.25) is 4.79 Å². The van der Waals surface area contributed by atoms with Gasteiger partial charge in [0.2, 0.25) is 0 Å². The molecule has 5 unspecified atom stereocenters. The van der Waals surface area contributed by atoms with Crippen molar-refractivity contribution in [3.63, 3.8) is 0 Å². The van der Waals surface area contributed by atoms with E-state index >= 15 is 0 Å². The highest BCUT2D eigenvalue weighted by Crippen LogP contribution is 2.50. The van der Waals surface area contributed by atoms with Crippen molar-refractivity contribution in [3.8, 4) is 0 Å². The minimum atomic E-state index is -0.977. The predicted molar refractivity (Wildman–Crippen MR) is 200 cm³/mol. The first kappa shape index (κ1) is 41.9. The summed E-state index contributed by atoms with van der Waals surface area (Å²) in [5, 5.41) is 6.55. The minimum Gasteiger partial charge on any atom is -0.444 e. The van der Waals surface area contributed by atoms with Gasteiger partial charge < -0.3 is 20.1 Å². The molecule has 47 heavy (non-hydrogen) atoms. The molecule has 0 aromatic rings. The summed E-state index contributed by atoms with van der Waals surface area (Å²) in [5.74, 6) is 0.651. The van der Waals surface area contributed by atoms with Crippen molar-refractivity contribution in [2.45, 2.75) is 204 Å². The van der Waals surface area contributed by atoms with Gasteiger partial charge in [0.25, 0.3) is 5.91 Å². The average Bonchev–Trinajstić information content (AvgIpc) is 2.82. The Morgan fingerprint density at radius 2 is 1.34 bits per heavy atom. The number of hydrogen-bond donors (Lipinski definition) is 2. The van der Waals surface area contributed by atoms with E-state index in [4.69, 9.17) is 9.47 Å². The number of carbonyl (C=O) groups is 2. The Morgan fingerprint density at radius 3 is 1.89 bits per heavy atom. The van der Waals surface area contributed by atoms with Crippen LogP contribution in [0, 0.1) is 33.0 Å². The highest BCUT2D eigenvalue weighted by molar-refractivity contribution is 6.33. The number of ether oxygens (including phenoxy) is 2. The van der Waals surface area contributed by atoms with Crippen LogP contribution in [0.3, 0.4) is 0 Å². The van der Waals surface area contributed by atoms with Gasteiger partial charge in [0, 0.05) is 12.6 Å². The van der Waals surface area contributed by atoms with Gasteiger partial charge in [-0.05, 0) is 126 Å². The van der Waals surface area contributed by atoms with Gasteiger partial charge in [-0.15, -0.1) is 0 Å². The van der Waals surface area contributed by atoms with Gasteiger partial charge >= 0.3 is 6.09 Å². The fraction of sp³-hybridized carbons (Fsp3) is 0.950. The van der Waals surface area contributed by atoms with Crippen molar-refractivity contribution >= 4 is 19.3 Å². The Labute approximate surface area is 292 Å². The average molecular weight is 661 g/mol. The van der Waals surface area contributed by atoms with Gasteiger partial charge in [-0.25, -0.2) is 4.79 Å². The zero-order valence-electron chi connectivity index (χ0n) is 34.0. The van der Waals surface area contributed by atoms with E-state index in [9.17, 15) is 9.59 Å². The largest absolute Gasteiger partial charge is 0.444 e. The molecule has 7 heteroatoms. The van der Waals surface area contributed by atoms with E-state index in [2.05, 4.69) is 93.6 Å². The first-order chi connectivity index (χ1) is 21.1. The van der Waals surface area contributed by atoms with Crippen LogP contribution in [-0.4, -0.2) is 48.7 Å². The molecule has 2 saturated carbocycles. The maximum absolute atomic E-state index is 13.6. The van der Waals surface area contributed by atoms with Crippen molar-refractivity contribution in [2.75, 3.05) is 6.54 Å². The third kappa shape index (κ3) is 13.2. The SMILES string of the molecule is CBCC1(C)CC(NC(=O)OC(C)(C)CC(C)(CC)CC(C)(C)OC(C)(C)C(=O)NCC2(C)CC(CC)CC(C)(C)C2)CC(C)(C)C1. The van der Waals surface area contributed by atoms with Crippen molar-refractivity contribution in [3.05, 3.63) is 0 Å². The Bertz CT molecular complexity index is 1070. The third-order valence-corrected chi connectivity index (χ3v) is 11.4. The zero-order valence-corrected chi connectivity index (χ0v) is 34.0. The molecule has 274 valence electrons. The lowest BCUT2D eigenvalue weighted by molar-refractivity contribution is -0.170. The number of hydrogen-bond acceptors (Lipinski definition) is 4. The molecule has 5 atom stereocenters. The van der Waals surface area contributed by atoms with Crippen LogP contribution in [0.15, 0.2) is 0 Å². The van der Waals surface area contributed by atoms with Crippen LogP contribution in [-0.2, 0) is 14.3 Å². The molecule has 0 aromatic heterocycles. The first-order valence-electron chi connectivity index (χ1n) is 19.1. The molecule has 2 N–H and O–H groups in total. The minimum absolute atomic E-state index is 0.0531. The van der Waals surface area contributed by atoms with Crippen LogP contribution >= 0.6 is 0 Å². The summed E-state index contributed by atoms with van der Waals surface area (Å²) in [6.07, 6.45) is 11.1. The van der Waals surface area contributed by atoms with Crippen molar-refractivity contribution in [1.29, 1.82) is 0 Å². The number of rotatable bonds is 15. The van der Waals surface area contributed by atoms with Gasteiger partial charge in [-0.2, -0.15) is 0 Å². The lowest BCUT2D eigenvalue weighted by Gasteiger charge is -2.47. The van der Waals surface area contributed by atoms with E-state index in [0.717, 1.165) is 45.8 Å². The lowest BCUT2D eigenvalue weighted by atomic mass is 9.54. The second kappa shape index (κ2) is 14.9. The number of carbonyl (C=O) groups excluding carboxylic acids is 2. The fourth-order valence-corrected chi connectivity index (χ4v) is 10.9. The maximum atomic E-state index is 13.6. The monoisotopic (exact) mass is 661 g/mol. The summed E-state index contributed by atoms with van der Waals surface area (Å²) in [4.78, 5) is 26.9. The quantitative estimate of drug-likeness (QED) is 0.171. The molecule has 0 heterocycles. The first-order valence-corrected chi connectivity index (χ1v) is 19.1. The summed E-state index contributed by atoms with van der Waals surface area (Å²) < 4.78 is 12.8. The highest BCUT2D eigenvalue weighted by atomic mass is 16.6. The summed E-state index contributed by atoms with van der Waals surface area (Å²) in [7, 11) is 1.16. The summed E-state index contributed by atoms with van der Waals surface area (Å²) in [6.45, 7) is 35.8. The highest BCUT2D eigenvalue weighted by Gasteiger charge is 2.45. The van der Waals surface area contributed by atoms with Crippen molar-refractivity contribution in [1.82, 2.24) is 10.6 Å². The Balaban J connectivity index is 2.02. The smallest absolute Gasteiger partial charge is 0.407 e. The molecular formula is C40H77BN2O4. The second-order valence-corrected chi connectivity index (χ2v) is 20.7. The molecular weight excluding hydrogens is 583 g/mol. The van der Waals surface area contributed by atoms with Crippen LogP contribution in [0.5, 0.6) is 0 Å². The van der Waals surface area contributed by atoms with E-state index in [1.165, 1.54) is 25.6 Å². The molecule has 0 saturated heterocycles. The van der Waals surface area contributed by atoms with Crippen LogP contribution in [0.1, 0.15) is 168 Å². The van der Waals surface area contributed by atoms with Gasteiger partial charge in [0.1, 0.15) is 18.5 Å². The lowest BCUT2D eigenvalue weighted by Crippen LogP contribution is -2.53. The topological polar surface area (TPSA) is 76.7 Å². The van der Waals surface area contributed by atoms with Gasteiger partial charge in [0.05, 0.1) is 5.60 Å². The zero-order chi connectivity index (χ0) is 36.3. The molecule has 0 aliphatic heterocycles. The molecule has 0 radical (unpaired) electrons. The maximum Gasteiger partial charge on any atom is 0.407 e. The molecule has 2 aliphatic rings. The fourth-order valence-electron chi connectivity index (χ4n) is 10.9. The molecule has 2 amide bonds. The molecule has 6 nitrogen and oxygen atoms in total. The Hall–Kier alpha value is -1.24. The molecule has 2 rings (SSSR count). The van der Waals surface area contributed by atoms with E-state index in [0.29, 0.717) is 18.9 Å². The number of amides is 2. The number of alkyl carbamates (subject to hydrolysis) is 1. The second-order valence-electron chi connectivity index (χ2n) is 20.7. The number of nitrogens with one attached hydrogen (secondary N) is 2. The standard InChI is InChI=1S/C40H77BN2O4/c1-17-29-19-33(3,4)24-40(15,20-29)28-42-31(44)37(11,12)47-36(9,10)26-38(13,18-2)25-35(7,8)46-32(45)43-30-21-34(5,6)23-39(14,22-30)27-41-16/h29-30,41H,17-28H2,1-16H3,(H,42,44)(H,43,45). The molecule has 0 spiro atoms. The Morgan fingerprint density at radius 1 is 0.787 bits per heavy atom. The molecule has 0 bridgehead atoms. The van der Waals surface area contributed by atoms with Gasteiger partial charge in [-0.1, -0.05) is 88.3 Å². The van der Waals surface area contributed by atoms with E-state index in [1.54, 1.807) is 0 Å². The Kier molecular flexibility index (Phi) is 13.3. The predicted octanol–water partition coefficient (Wildman–Crippen LogP) is 10.1. The van der Waals surface area contributed by atoms with E-state index in [1.807, 2.05) is 27.7 Å². The van der Waals surface area contributed by atoms with Crippen molar-refractivity contribution in [2.24, 2.45) is 33.0 Å². The molecule has 2 fully saturated rings. The van der Waals surface area contributed by atoms with Gasteiger partial charge in [0.15, 0.2) is 0 Å². The molecule has 0 aromatic carbocycles. The van der Waals surface area contributed by atoms with Crippen LogP contribution in [0.4, 0.5) is 4.79 Å². The van der Waals surface area contributed by atoms with Crippen LogP contribution in [0.2, 0.25) is 13.1 Å². The van der Waals surface area contributed by atoms with E-state index < -0.39 is 16.8 Å².